The summed E-state index contributed by atoms with van der Waals surface area (Å²) >= 11 is 0. The molecular weight excluding hydrogens is 186 g/mol. The van der Waals surface area contributed by atoms with Crippen LogP contribution in [-0.4, -0.2) is 17.1 Å². The number of fused-ring (bicyclic) bond motifs is 1. The van der Waals surface area contributed by atoms with E-state index < -0.39 is 10.8 Å². The first-order valence-corrected chi connectivity index (χ1v) is 5.36. The van der Waals surface area contributed by atoms with Crippen LogP contribution in [0.5, 0.6) is 5.75 Å². The molecular formula is C9H11NO2S. The molecule has 1 aliphatic rings. The first-order valence-electron chi connectivity index (χ1n) is 4.04. The average molecular weight is 197 g/mol. The Morgan fingerprint density at radius 1 is 1.62 bits per heavy atom. The van der Waals surface area contributed by atoms with Gasteiger partial charge in [-0.05, 0) is 23.8 Å². The summed E-state index contributed by atoms with van der Waals surface area (Å²) in [5, 5.41) is 0. The third kappa shape index (κ3) is 1.36. The summed E-state index contributed by atoms with van der Waals surface area (Å²) in [4.78, 5) is 0.855. The van der Waals surface area contributed by atoms with Crippen molar-refractivity contribution in [1.82, 2.24) is 0 Å². The molecule has 0 aromatic heterocycles. The lowest BCUT2D eigenvalue weighted by Crippen LogP contribution is -2.09. The molecule has 0 spiro atoms. The zero-order chi connectivity index (χ0) is 9.42. The number of benzene rings is 1. The van der Waals surface area contributed by atoms with E-state index in [1.165, 1.54) is 0 Å². The topological polar surface area (TPSA) is 52.3 Å². The first-order chi connectivity index (χ1) is 6.22. The Kier molecular flexibility index (Phi) is 2.09. The smallest absolute Gasteiger partial charge is 0.119 e. The maximum Gasteiger partial charge on any atom is 0.119 e. The third-order valence-electron chi connectivity index (χ3n) is 2.19. The summed E-state index contributed by atoms with van der Waals surface area (Å²) < 4.78 is 16.5. The number of hydrogen-bond donors (Lipinski definition) is 1. The van der Waals surface area contributed by atoms with E-state index in [1.54, 1.807) is 7.11 Å². The average Bonchev–Trinajstić information content (AvgIpc) is 2.42. The lowest BCUT2D eigenvalue weighted by molar-refractivity contribution is 0.413. The molecule has 0 aliphatic carbocycles. The Labute approximate surface area is 79.3 Å². The molecule has 13 heavy (non-hydrogen) atoms. The van der Waals surface area contributed by atoms with Gasteiger partial charge in [-0.25, -0.2) is 0 Å². The van der Waals surface area contributed by atoms with Gasteiger partial charge in [0.2, 0.25) is 0 Å². The molecule has 0 amide bonds. The monoisotopic (exact) mass is 197 g/mol. The van der Waals surface area contributed by atoms with Crippen molar-refractivity contribution in [1.29, 1.82) is 0 Å². The minimum absolute atomic E-state index is 0.106. The molecule has 4 heteroatoms. The first kappa shape index (κ1) is 8.72. The Morgan fingerprint density at radius 3 is 3.08 bits per heavy atom. The van der Waals surface area contributed by atoms with E-state index in [-0.39, 0.29) is 6.04 Å². The highest BCUT2D eigenvalue weighted by atomic mass is 32.2. The summed E-state index contributed by atoms with van der Waals surface area (Å²) in [6, 6.07) is 5.41. The van der Waals surface area contributed by atoms with Crippen LogP contribution in [0.3, 0.4) is 0 Å². The van der Waals surface area contributed by atoms with Gasteiger partial charge in [-0.2, -0.15) is 0 Å². The van der Waals surface area contributed by atoms with Gasteiger partial charge < -0.3 is 10.5 Å². The Hall–Kier alpha value is -0.870. The zero-order valence-electron chi connectivity index (χ0n) is 7.32. The van der Waals surface area contributed by atoms with Crippen LogP contribution in [0.2, 0.25) is 0 Å². The fourth-order valence-electron chi connectivity index (χ4n) is 1.49. The van der Waals surface area contributed by atoms with Crippen molar-refractivity contribution in [3.63, 3.8) is 0 Å². The Morgan fingerprint density at radius 2 is 2.38 bits per heavy atom. The van der Waals surface area contributed by atoms with E-state index in [1.807, 2.05) is 18.2 Å². The van der Waals surface area contributed by atoms with E-state index in [9.17, 15) is 4.21 Å². The van der Waals surface area contributed by atoms with Gasteiger partial charge in [-0.1, -0.05) is 0 Å². The second-order valence-electron chi connectivity index (χ2n) is 3.02. The summed E-state index contributed by atoms with van der Waals surface area (Å²) in [6.45, 7) is 0. The van der Waals surface area contributed by atoms with Crippen LogP contribution in [0.1, 0.15) is 11.6 Å². The molecule has 2 N–H and O–H groups in total. The highest BCUT2D eigenvalue weighted by molar-refractivity contribution is 7.85. The molecule has 2 rings (SSSR count). The molecule has 0 fully saturated rings. The number of hydrogen-bond acceptors (Lipinski definition) is 3. The van der Waals surface area contributed by atoms with Gasteiger partial charge >= 0.3 is 0 Å². The van der Waals surface area contributed by atoms with Crippen LogP contribution >= 0.6 is 0 Å². The Bertz CT molecular complexity index is 365. The standard InChI is InChI=1S/C9H11NO2S/c1-12-6-2-3-9-7(4-6)8(10)5-13(9)11/h2-4,8H,5,10H2,1H3. The molecule has 0 radical (unpaired) electrons. The summed E-state index contributed by atoms with van der Waals surface area (Å²) in [5.41, 5.74) is 6.77. The highest BCUT2D eigenvalue weighted by Gasteiger charge is 2.25. The maximum absolute atomic E-state index is 11.5. The molecule has 0 bridgehead atoms. The van der Waals surface area contributed by atoms with Crippen LogP contribution in [0.25, 0.3) is 0 Å². The molecule has 2 atom stereocenters. The number of rotatable bonds is 1. The van der Waals surface area contributed by atoms with E-state index in [4.69, 9.17) is 10.5 Å². The van der Waals surface area contributed by atoms with Crippen LogP contribution in [0, 0.1) is 0 Å². The minimum Gasteiger partial charge on any atom is -0.497 e. The predicted octanol–water partition coefficient (Wildman–Crippen LogP) is 0.816. The van der Waals surface area contributed by atoms with Gasteiger partial charge in [0.05, 0.1) is 17.9 Å². The van der Waals surface area contributed by atoms with Crippen molar-refractivity contribution in [3.8, 4) is 5.75 Å². The van der Waals surface area contributed by atoms with Gasteiger partial charge in [-0.3, -0.25) is 4.21 Å². The molecule has 70 valence electrons. The molecule has 2 unspecified atom stereocenters. The number of ether oxygens (including phenoxy) is 1. The largest absolute Gasteiger partial charge is 0.497 e. The van der Waals surface area contributed by atoms with Crippen LogP contribution in [0.4, 0.5) is 0 Å². The van der Waals surface area contributed by atoms with Crippen molar-refractivity contribution in [2.45, 2.75) is 10.9 Å². The van der Waals surface area contributed by atoms with E-state index in [2.05, 4.69) is 0 Å². The summed E-state index contributed by atoms with van der Waals surface area (Å²) in [5.74, 6) is 1.30. The Balaban J connectivity index is 2.52. The second kappa shape index (κ2) is 3.12. The molecule has 1 heterocycles. The molecule has 1 aromatic rings. The van der Waals surface area contributed by atoms with Crippen molar-refractivity contribution in [2.24, 2.45) is 5.73 Å². The van der Waals surface area contributed by atoms with Gasteiger partial charge in [0.25, 0.3) is 0 Å². The van der Waals surface area contributed by atoms with Crippen LogP contribution < -0.4 is 10.5 Å². The maximum atomic E-state index is 11.5. The predicted molar refractivity (Wildman–Crippen MR) is 51.2 cm³/mol. The van der Waals surface area contributed by atoms with Crippen LogP contribution in [-0.2, 0) is 10.8 Å². The normalized spacial score (nSPS) is 25.7. The molecule has 0 saturated heterocycles. The fourth-order valence-corrected chi connectivity index (χ4v) is 2.87. The van der Waals surface area contributed by atoms with Gasteiger partial charge in [-0.15, -0.1) is 0 Å². The number of nitrogens with two attached hydrogens (primary N) is 1. The van der Waals surface area contributed by atoms with E-state index >= 15 is 0 Å². The summed E-state index contributed by atoms with van der Waals surface area (Å²) in [6.07, 6.45) is 0. The molecule has 3 nitrogen and oxygen atoms in total. The van der Waals surface area contributed by atoms with Crippen molar-refractivity contribution in [2.75, 3.05) is 12.9 Å². The second-order valence-corrected chi connectivity index (χ2v) is 4.49. The third-order valence-corrected chi connectivity index (χ3v) is 3.72. The van der Waals surface area contributed by atoms with Gasteiger partial charge in [0, 0.05) is 16.7 Å². The van der Waals surface area contributed by atoms with Gasteiger partial charge in [0.15, 0.2) is 0 Å². The SMILES string of the molecule is COc1ccc2c(c1)C(N)CS2=O. The van der Waals surface area contributed by atoms with Crippen molar-refractivity contribution in [3.05, 3.63) is 23.8 Å². The van der Waals surface area contributed by atoms with Gasteiger partial charge in [0.1, 0.15) is 5.75 Å². The minimum atomic E-state index is -0.919. The lowest BCUT2D eigenvalue weighted by Gasteiger charge is -2.05. The quantitative estimate of drug-likeness (QED) is 0.725. The van der Waals surface area contributed by atoms with Crippen molar-refractivity contribution < 1.29 is 8.95 Å². The van der Waals surface area contributed by atoms with E-state index in [0.717, 1.165) is 16.2 Å². The van der Waals surface area contributed by atoms with E-state index in [0.29, 0.717) is 5.75 Å². The molecule has 0 saturated carbocycles. The highest BCUT2D eigenvalue weighted by Crippen LogP contribution is 2.31. The zero-order valence-corrected chi connectivity index (χ0v) is 8.14. The molecule has 1 aromatic carbocycles. The summed E-state index contributed by atoms with van der Waals surface area (Å²) in [7, 11) is 0.692. The lowest BCUT2D eigenvalue weighted by atomic mass is 10.1. The fraction of sp³-hybridized carbons (Fsp3) is 0.333. The van der Waals surface area contributed by atoms with Crippen LogP contribution in [0.15, 0.2) is 23.1 Å². The molecule has 1 aliphatic heterocycles. The number of methoxy groups -OCH3 is 1. The van der Waals surface area contributed by atoms with Crippen molar-refractivity contribution >= 4 is 10.8 Å².